The first-order chi connectivity index (χ1) is 9.65. The molecule has 0 spiro atoms. The van der Waals surface area contributed by atoms with E-state index in [2.05, 4.69) is 4.74 Å². The first-order valence-electron chi connectivity index (χ1n) is 6.58. The summed E-state index contributed by atoms with van der Waals surface area (Å²) in [6.07, 6.45) is 4.15. The van der Waals surface area contributed by atoms with Crippen molar-refractivity contribution in [2.24, 2.45) is 0 Å². The van der Waals surface area contributed by atoms with Crippen LogP contribution in [0.3, 0.4) is 0 Å². The number of alkyl halides is 2. The molecule has 0 amide bonds. The van der Waals surface area contributed by atoms with Crippen molar-refractivity contribution in [3.8, 4) is 11.4 Å². The molecule has 5 heteroatoms. The van der Waals surface area contributed by atoms with Gasteiger partial charge in [-0.3, -0.25) is 0 Å². The smallest absolute Gasteiger partial charge is 0.387 e. The maximum Gasteiger partial charge on any atom is 0.387 e. The Bertz CT molecular complexity index is 592. The standard InChI is InChI=1S/C15H15F2NO2/c16-15(17)20-11-6-4-10(5-7-11)18-9-8-12-13(18)2-1-3-14(12)19/h4-9,14-15,19H,1-3H2. The van der Waals surface area contributed by atoms with Crippen LogP contribution in [-0.4, -0.2) is 16.3 Å². The van der Waals surface area contributed by atoms with E-state index >= 15 is 0 Å². The van der Waals surface area contributed by atoms with Crippen LogP contribution in [0.5, 0.6) is 5.75 Å². The Hall–Kier alpha value is -1.88. The summed E-state index contributed by atoms with van der Waals surface area (Å²) >= 11 is 0. The summed E-state index contributed by atoms with van der Waals surface area (Å²) in [6.45, 7) is -2.81. The zero-order valence-corrected chi connectivity index (χ0v) is 10.8. The first kappa shape index (κ1) is 13.1. The van der Waals surface area contributed by atoms with Crippen LogP contribution in [0.1, 0.15) is 30.2 Å². The normalized spacial score (nSPS) is 18.1. The number of halogens is 2. The maximum atomic E-state index is 12.1. The van der Waals surface area contributed by atoms with Crippen LogP contribution in [-0.2, 0) is 6.42 Å². The first-order valence-corrected chi connectivity index (χ1v) is 6.58. The van der Waals surface area contributed by atoms with Gasteiger partial charge in [-0.1, -0.05) is 0 Å². The molecular formula is C15H15F2NO2. The Labute approximate surface area is 115 Å². The molecule has 3 nitrogen and oxygen atoms in total. The number of benzene rings is 1. The van der Waals surface area contributed by atoms with E-state index in [0.717, 1.165) is 36.2 Å². The van der Waals surface area contributed by atoms with E-state index < -0.39 is 12.7 Å². The Morgan fingerprint density at radius 1 is 1.20 bits per heavy atom. The van der Waals surface area contributed by atoms with Crippen LogP contribution < -0.4 is 4.74 Å². The molecule has 0 radical (unpaired) electrons. The van der Waals surface area contributed by atoms with Crippen molar-refractivity contribution < 1.29 is 18.6 Å². The summed E-state index contributed by atoms with van der Waals surface area (Å²) in [5, 5.41) is 9.95. The zero-order valence-electron chi connectivity index (χ0n) is 10.8. The second-order valence-electron chi connectivity index (χ2n) is 4.87. The molecule has 1 N–H and O–H groups in total. The van der Waals surface area contributed by atoms with Gasteiger partial charge in [0.25, 0.3) is 0 Å². The molecule has 3 rings (SSSR count). The zero-order chi connectivity index (χ0) is 14.1. The molecule has 0 bridgehead atoms. The molecule has 0 fully saturated rings. The highest BCUT2D eigenvalue weighted by Gasteiger charge is 2.21. The minimum Gasteiger partial charge on any atom is -0.435 e. The van der Waals surface area contributed by atoms with Crippen molar-refractivity contribution in [2.45, 2.75) is 32.0 Å². The highest BCUT2D eigenvalue weighted by molar-refractivity contribution is 5.42. The quantitative estimate of drug-likeness (QED) is 0.933. The molecule has 1 unspecified atom stereocenters. The second kappa shape index (κ2) is 5.25. The third-order valence-electron chi connectivity index (χ3n) is 3.62. The van der Waals surface area contributed by atoms with E-state index in [0.29, 0.717) is 0 Å². The average Bonchev–Trinajstić information content (AvgIpc) is 2.84. The van der Waals surface area contributed by atoms with Gasteiger partial charge in [-0.15, -0.1) is 0 Å². The van der Waals surface area contributed by atoms with Crippen molar-refractivity contribution in [1.29, 1.82) is 0 Å². The molecule has 20 heavy (non-hydrogen) atoms. The molecule has 106 valence electrons. The lowest BCUT2D eigenvalue weighted by molar-refractivity contribution is -0.0498. The molecule has 1 aromatic carbocycles. The fourth-order valence-electron chi connectivity index (χ4n) is 2.70. The number of aromatic nitrogens is 1. The van der Waals surface area contributed by atoms with E-state index in [-0.39, 0.29) is 5.75 Å². The number of hydrogen-bond acceptors (Lipinski definition) is 2. The molecule has 1 aliphatic rings. The Kier molecular flexibility index (Phi) is 3.44. The van der Waals surface area contributed by atoms with Gasteiger partial charge in [-0.25, -0.2) is 0 Å². The van der Waals surface area contributed by atoms with Gasteiger partial charge in [0.05, 0.1) is 6.10 Å². The fourth-order valence-corrected chi connectivity index (χ4v) is 2.70. The molecule has 2 aromatic rings. The van der Waals surface area contributed by atoms with Crippen LogP contribution in [0.2, 0.25) is 0 Å². The molecular weight excluding hydrogens is 264 g/mol. The lowest BCUT2D eigenvalue weighted by Crippen LogP contribution is -2.11. The molecule has 0 aliphatic heterocycles. The highest BCUT2D eigenvalue weighted by Crippen LogP contribution is 2.32. The van der Waals surface area contributed by atoms with Gasteiger partial charge in [-0.05, 0) is 49.6 Å². The van der Waals surface area contributed by atoms with Gasteiger partial charge >= 0.3 is 6.61 Å². The number of nitrogens with zero attached hydrogens (tertiary/aromatic N) is 1. The van der Waals surface area contributed by atoms with Crippen molar-refractivity contribution in [2.75, 3.05) is 0 Å². The fraction of sp³-hybridized carbons (Fsp3) is 0.333. The number of aliphatic hydroxyl groups excluding tert-OH is 1. The summed E-state index contributed by atoms with van der Waals surface area (Å²) in [7, 11) is 0. The van der Waals surface area contributed by atoms with Gasteiger partial charge in [-0.2, -0.15) is 8.78 Å². The third-order valence-corrected chi connectivity index (χ3v) is 3.62. The van der Waals surface area contributed by atoms with E-state index in [4.69, 9.17) is 0 Å². The van der Waals surface area contributed by atoms with Gasteiger partial charge < -0.3 is 14.4 Å². The number of fused-ring (bicyclic) bond motifs is 1. The SMILES string of the molecule is OC1CCCc2c1ccn2-c1ccc(OC(F)F)cc1. The Balaban J connectivity index is 1.90. The molecule has 1 aliphatic carbocycles. The number of ether oxygens (including phenoxy) is 1. The second-order valence-corrected chi connectivity index (χ2v) is 4.87. The summed E-state index contributed by atoms with van der Waals surface area (Å²) in [5.74, 6) is 0.143. The number of hydrogen-bond donors (Lipinski definition) is 1. The summed E-state index contributed by atoms with van der Waals surface area (Å²) in [5.41, 5.74) is 2.93. The summed E-state index contributed by atoms with van der Waals surface area (Å²) < 4.78 is 30.5. The van der Waals surface area contributed by atoms with Gasteiger partial charge in [0, 0.05) is 23.1 Å². The van der Waals surface area contributed by atoms with Crippen molar-refractivity contribution in [3.05, 3.63) is 47.8 Å². The lowest BCUT2D eigenvalue weighted by atomic mass is 9.95. The Morgan fingerprint density at radius 3 is 2.65 bits per heavy atom. The van der Waals surface area contributed by atoms with Crippen LogP contribution in [0.4, 0.5) is 8.78 Å². The van der Waals surface area contributed by atoms with E-state index in [1.54, 1.807) is 12.1 Å². The lowest BCUT2D eigenvalue weighted by Gasteiger charge is -2.20. The maximum absolute atomic E-state index is 12.1. The average molecular weight is 279 g/mol. The highest BCUT2D eigenvalue weighted by atomic mass is 19.3. The molecule has 1 aromatic heterocycles. The molecule has 0 saturated carbocycles. The monoisotopic (exact) mass is 279 g/mol. The predicted octanol–water partition coefficient (Wildman–Crippen LogP) is 3.45. The number of aliphatic hydroxyl groups is 1. The van der Waals surface area contributed by atoms with Gasteiger partial charge in [0.15, 0.2) is 0 Å². The van der Waals surface area contributed by atoms with Crippen molar-refractivity contribution >= 4 is 0 Å². The molecule has 1 atom stereocenters. The molecule has 0 saturated heterocycles. The van der Waals surface area contributed by atoms with Crippen molar-refractivity contribution in [3.63, 3.8) is 0 Å². The largest absolute Gasteiger partial charge is 0.435 e. The topological polar surface area (TPSA) is 34.4 Å². The van der Waals surface area contributed by atoms with Crippen LogP contribution in [0.25, 0.3) is 5.69 Å². The van der Waals surface area contributed by atoms with E-state index in [1.165, 1.54) is 12.1 Å². The van der Waals surface area contributed by atoms with Crippen LogP contribution in [0, 0.1) is 0 Å². The van der Waals surface area contributed by atoms with Gasteiger partial charge in [0.2, 0.25) is 0 Å². The number of rotatable bonds is 3. The van der Waals surface area contributed by atoms with Gasteiger partial charge in [0.1, 0.15) is 5.75 Å². The van der Waals surface area contributed by atoms with Crippen molar-refractivity contribution in [1.82, 2.24) is 4.57 Å². The summed E-state index contributed by atoms with van der Waals surface area (Å²) in [6, 6.07) is 8.43. The minimum atomic E-state index is -2.81. The van der Waals surface area contributed by atoms with Crippen LogP contribution in [0.15, 0.2) is 36.5 Å². The Morgan fingerprint density at radius 2 is 1.95 bits per heavy atom. The predicted molar refractivity (Wildman–Crippen MR) is 70.3 cm³/mol. The molecule has 1 heterocycles. The summed E-state index contributed by atoms with van der Waals surface area (Å²) in [4.78, 5) is 0. The van der Waals surface area contributed by atoms with E-state index in [1.807, 2.05) is 16.8 Å². The van der Waals surface area contributed by atoms with E-state index in [9.17, 15) is 13.9 Å². The van der Waals surface area contributed by atoms with Crippen LogP contribution >= 0.6 is 0 Å². The third kappa shape index (κ3) is 2.41. The minimum absolute atomic E-state index is 0.143.